The van der Waals surface area contributed by atoms with Gasteiger partial charge in [0.25, 0.3) is 0 Å². The first-order chi connectivity index (χ1) is 9.95. The highest BCUT2D eigenvalue weighted by molar-refractivity contribution is 5.81. The maximum atomic E-state index is 12.7. The summed E-state index contributed by atoms with van der Waals surface area (Å²) >= 11 is 0. The van der Waals surface area contributed by atoms with Crippen molar-refractivity contribution in [3.63, 3.8) is 0 Å². The van der Waals surface area contributed by atoms with E-state index in [1.54, 1.807) is 0 Å². The molecule has 0 N–H and O–H groups in total. The van der Waals surface area contributed by atoms with E-state index in [1.807, 2.05) is 29.2 Å². The molecule has 4 heteroatoms. The first-order valence-electron chi connectivity index (χ1n) is 7.71. The van der Waals surface area contributed by atoms with Crippen LogP contribution in [0.25, 0.3) is 11.0 Å². The smallest absolute Gasteiger partial charge is 0.243 e. The van der Waals surface area contributed by atoms with Gasteiger partial charge >= 0.3 is 0 Å². The van der Waals surface area contributed by atoms with Gasteiger partial charge in [-0.3, -0.25) is 4.79 Å². The molecule has 1 aromatic carbocycles. The number of aryl methyl sites for hydroxylation is 1. The molecule has 21 heavy (non-hydrogen) atoms. The van der Waals surface area contributed by atoms with Crippen LogP contribution in [0, 0.1) is 0 Å². The molecule has 1 heterocycles. The minimum Gasteiger partial charge on any atom is -0.336 e. The summed E-state index contributed by atoms with van der Waals surface area (Å²) in [5.41, 5.74) is 2.00. The lowest BCUT2D eigenvalue weighted by molar-refractivity contribution is -0.135. The summed E-state index contributed by atoms with van der Waals surface area (Å²) in [6.45, 7) is 10.7. The molecule has 0 bridgehead atoms. The Balaban J connectivity index is 2.36. The summed E-state index contributed by atoms with van der Waals surface area (Å²) in [5.74, 6) is 1.12. The largest absolute Gasteiger partial charge is 0.336 e. The van der Waals surface area contributed by atoms with Crippen LogP contribution in [-0.2, 0) is 17.8 Å². The molecule has 0 fully saturated rings. The van der Waals surface area contributed by atoms with Crippen LogP contribution in [0.5, 0.6) is 0 Å². The van der Waals surface area contributed by atoms with Gasteiger partial charge in [0, 0.05) is 18.5 Å². The van der Waals surface area contributed by atoms with Gasteiger partial charge in [0.05, 0.1) is 11.0 Å². The van der Waals surface area contributed by atoms with Crippen LogP contribution in [0.3, 0.4) is 0 Å². The van der Waals surface area contributed by atoms with E-state index < -0.39 is 0 Å². The predicted octanol–water partition coefficient (Wildman–Crippen LogP) is 3.24. The van der Waals surface area contributed by atoms with Gasteiger partial charge in [-0.2, -0.15) is 0 Å². The zero-order chi connectivity index (χ0) is 15.6. The lowest BCUT2D eigenvalue weighted by Crippen LogP contribution is -2.43. The van der Waals surface area contributed by atoms with Gasteiger partial charge in [0.15, 0.2) is 0 Å². The molecular formula is C17H25N3O. The number of imidazole rings is 1. The highest BCUT2D eigenvalue weighted by Gasteiger charge is 2.22. The van der Waals surface area contributed by atoms with Crippen LogP contribution < -0.4 is 0 Å². The van der Waals surface area contributed by atoms with Crippen molar-refractivity contribution in [1.29, 1.82) is 0 Å². The van der Waals surface area contributed by atoms with Gasteiger partial charge < -0.3 is 9.47 Å². The van der Waals surface area contributed by atoms with Gasteiger partial charge in [-0.1, -0.05) is 19.1 Å². The summed E-state index contributed by atoms with van der Waals surface area (Å²) in [6, 6.07) is 8.42. The third kappa shape index (κ3) is 3.09. The maximum absolute atomic E-state index is 12.7. The topological polar surface area (TPSA) is 38.1 Å². The third-order valence-corrected chi connectivity index (χ3v) is 3.74. The molecule has 0 saturated carbocycles. The minimum atomic E-state index is 0.151. The molecular weight excluding hydrogens is 262 g/mol. The molecule has 0 unspecified atom stereocenters. The Hall–Kier alpha value is -1.84. The molecule has 0 spiro atoms. The van der Waals surface area contributed by atoms with E-state index in [9.17, 15) is 4.79 Å². The molecule has 0 atom stereocenters. The van der Waals surface area contributed by atoms with E-state index in [0.717, 1.165) is 23.3 Å². The Bertz CT molecular complexity index is 620. The normalized spacial score (nSPS) is 11.6. The van der Waals surface area contributed by atoms with Crippen LogP contribution >= 0.6 is 0 Å². The molecule has 0 aliphatic heterocycles. The molecule has 0 saturated heterocycles. The number of para-hydroxylation sites is 2. The Labute approximate surface area is 126 Å². The lowest BCUT2D eigenvalue weighted by atomic mass is 10.2. The van der Waals surface area contributed by atoms with Crippen molar-refractivity contribution in [3.05, 3.63) is 30.1 Å². The van der Waals surface area contributed by atoms with E-state index in [2.05, 4.69) is 44.2 Å². The minimum absolute atomic E-state index is 0.151. The number of carbonyl (C=O) groups excluding carboxylic acids is 1. The number of amides is 1. The average molecular weight is 287 g/mol. The van der Waals surface area contributed by atoms with Crippen LogP contribution in [0.15, 0.2) is 24.3 Å². The van der Waals surface area contributed by atoms with Crippen LogP contribution in [0.4, 0.5) is 0 Å². The van der Waals surface area contributed by atoms with Crippen molar-refractivity contribution in [2.75, 3.05) is 0 Å². The second kappa shape index (κ2) is 6.29. The van der Waals surface area contributed by atoms with E-state index in [4.69, 9.17) is 0 Å². The maximum Gasteiger partial charge on any atom is 0.243 e. The van der Waals surface area contributed by atoms with Crippen LogP contribution in [0.1, 0.15) is 40.4 Å². The summed E-state index contributed by atoms with van der Waals surface area (Å²) in [6.07, 6.45) is 0.825. The summed E-state index contributed by atoms with van der Waals surface area (Å²) in [7, 11) is 0. The third-order valence-electron chi connectivity index (χ3n) is 3.74. The molecule has 114 valence electrons. The Morgan fingerprint density at radius 2 is 1.81 bits per heavy atom. The number of aromatic nitrogens is 2. The summed E-state index contributed by atoms with van der Waals surface area (Å²) < 4.78 is 2.05. The van der Waals surface area contributed by atoms with Gasteiger partial charge in [0.2, 0.25) is 5.91 Å². The number of hydrogen-bond acceptors (Lipinski definition) is 2. The first-order valence-corrected chi connectivity index (χ1v) is 7.71. The Kier molecular flexibility index (Phi) is 4.66. The SMILES string of the molecule is CCc1nc2ccccc2n1CC(=O)N(C(C)C)C(C)C. The second-order valence-electron chi connectivity index (χ2n) is 5.94. The van der Waals surface area contributed by atoms with Gasteiger partial charge in [-0.25, -0.2) is 4.98 Å². The fourth-order valence-corrected chi connectivity index (χ4v) is 2.96. The quantitative estimate of drug-likeness (QED) is 0.846. The number of hydrogen-bond donors (Lipinski definition) is 0. The molecule has 1 amide bonds. The number of benzene rings is 1. The average Bonchev–Trinajstić information content (AvgIpc) is 2.76. The zero-order valence-corrected chi connectivity index (χ0v) is 13.6. The predicted molar refractivity (Wildman–Crippen MR) is 86.2 cm³/mol. The highest BCUT2D eigenvalue weighted by atomic mass is 16.2. The van der Waals surface area contributed by atoms with Gasteiger partial charge in [0.1, 0.15) is 12.4 Å². The molecule has 1 aromatic heterocycles. The summed E-state index contributed by atoms with van der Waals surface area (Å²) in [4.78, 5) is 19.2. The van der Waals surface area contributed by atoms with Crippen molar-refractivity contribution in [2.45, 2.75) is 59.7 Å². The monoisotopic (exact) mass is 287 g/mol. The van der Waals surface area contributed by atoms with Crippen LogP contribution in [0.2, 0.25) is 0 Å². The Morgan fingerprint density at radius 3 is 2.38 bits per heavy atom. The molecule has 2 aromatic rings. The lowest BCUT2D eigenvalue weighted by Gasteiger charge is -2.31. The number of rotatable bonds is 5. The first kappa shape index (κ1) is 15.5. The van der Waals surface area contributed by atoms with Crippen molar-refractivity contribution >= 4 is 16.9 Å². The van der Waals surface area contributed by atoms with Gasteiger partial charge in [-0.05, 0) is 39.8 Å². The molecule has 0 aliphatic carbocycles. The Morgan fingerprint density at radius 1 is 1.19 bits per heavy atom. The molecule has 0 radical (unpaired) electrons. The number of nitrogens with zero attached hydrogens (tertiary/aromatic N) is 3. The van der Waals surface area contributed by atoms with Crippen LogP contribution in [-0.4, -0.2) is 32.4 Å². The molecule has 2 rings (SSSR count). The standard InChI is InChI=1S/C17H25N3O/c1-6-16-18-14-9-7-8-10-15(14)19(16)11-17(21)20(12(2)3)13(4)5/h7-10,12-13H,6,11H2,1-5H3. The summed E-state index contributed by atoms with van der Waals surface area (Å²) in [5, 5.41) is 0. The zero-order valence-electron chi connectivity index (χ0n) is 13.6. The van der Waals surface area contributed by atoms with Gasteiger partial charge in [-0.15, -0.1) is 0 Å². The van der Waals surface area contributed by atoms with Crippen molar-refractivity contribution in [3.8, 4) is 0 Å². The van der Waals surface area contributed by atoms with E-state index in [-0.39, 0.29) is 18.0 Å². The molecule has 4 nitrogen and oxygen atoms in total. The van der Waals surface area contributed by atoms with Crippen molar-refractivity contribution < 1.29 is 4.79 Å². The fraction of sp³-hybridized carbons (Fsp3) is 0.529. The van der Waals surface area contributed by atoms with Crippen molar-refractivity contribution in [2.24, 2.45) is 0 Å². The van der Waals surface area contributed by atoms with Crippen molar-refractivity contribution in [1.82, 2.24) is 14.5 Å². The number of fused-ring (bicyclic) bond motifs is 1. The van der Waals surface area contributed by atoms with E-state index in [0.29, 0.717) is 6.54 Å². The highest BCUT2D eigenvalue weighted by Crippen LogP contribution is 2.17. The second-order valence-corrected chi connectivity index (χ2v) is 5.94. The van der Waals surface area contributed by atoms with E-state index >= 15 is 0 Å². The molecule has 0 aliphatic rings. The number of carbonyl (C=O) groups is 1. The fourth-order valence-electron chi connectivity index (χ4n) is 2.96. The van der Waals surface area contributed by atoms with E-state index in [1.165, 1.54) is 0 Å².